The molecule has 1 unspecified atom stereocenters. The van der Waals surface area contributed by atoms with Gasteiger partial charge >= 0.3 is 0 Å². The van der Waals surface area contributed by atoms with Gasteiger partial charge in [0.2, 0.25) is 0 Å². The van der Waals surface area contributed by atoms with E-state index in [1.54, 1.807) is 0 Å². The Labute approximate surface area is 127 Å². The number of nitrogens with zero attached hydrogens (tertiary/aromatic N) is 2. The molecule has 0 bridgehead atoms. The predicted octanol–water partition coefficient (Wildman–Crippen LogP) is 3.95. The van der Waals surface area contributed by atoms with Gasteiger partial charge in [-0.25, -0.2) is 9.97 Å². The maximum absolute atomic E-state index is 6.44. The Kier molecular flexibility index (Phi) is 3.41. The first-order valence-electron chi connectivity index (χ1n) is 7.39. The highest BCUT2D eigenvalue weighted by Gasteiger charge is 2.22. The fraction of sp³-hybridized carbons (Fsp3) is 0.600. The number of rotatable bonds is 2. The third-order valence-corrected chi connectivity index (χ3v) is 5.71. The summed E-state index contributed by atoms with van der Waals surface area (Å²) in [6, 6.07) is 0. The molecule has 0 saturated carbocycles. The zero-order valence-corrected chi connectivity index (χ0v) is 12.9. The smallest absolute Gasteiger partial charge is 0.141 e. The average molecular weight is 309 g/mol. The highest BCUT2D eigenvalue weighted by Crippen LogP contribution is 2.38. The first-order valence-corrected chi connectivity index (χ1v) is 8.59. The topological polar surface area (TPSA) is 35.0 Å². The Morgan fingerprint density at radius 3 is 2.95 bits per heavy atom. The standard InChI is InChI=1S/C15H17ClN2OS/c16-14-13-10-5-1-2-6-11(10)20-15(13)18-12(17-14)8-9-4-3-7-19-9/h9H,1-8H2. The minimum atomic E-state index is 0.276. The lowest BCUT2D eigenvalue weighted by Gasteiger charge is -2.11. The summed E-state index contributed by atoms with van der Waals surface area (Å²) < 4.78 is 5.67. The van der Waals surface area contributed by atoms with Crippen LogP contribution in [0.2, 0.25) is 5.15 Å². The van der Waals surface area contributed by atoms with Crippen LogP contribution in [-0.2, 0) is 24.0 Å². The Balaban J connectivity index is 1.73. The van der Waals surface area contributed by atoms with E-state index < -0.39 is 0 Å². The lowest BCUT2D eigenvalue weighted by Crippen LogP contribution is -2.11. The van der Waals surface area contributed by atoms with E-state index in [1.807, 2.05) is 11.3 Å². The lowest BCUT2D eigenvalue weighted by atomic mass is 9.97. The van der Waals surface area contributed by atoms with E-state index in [4.69, 9.17) is 21.3 Å². The summed E-state index contributed by atoms with van der Waals surface area (Å²) in [4.78, 5) is 11.8. The summed E-state index contributed by atoms with van der Waals surface area (Å²) in [6.07, 6.45) is 8.17. The van der Waals surface area contributed by atoms with E-state index in [0.29, 0.717) is 5.15 Å². The van der Waals surface area contributed by atoms with Gasteiger partial charge in [-0.3, -0.25) is 0 Å². The molecule has 2 aromatic heterocycles. The molecule has 0 aromatic carbocycles. The summed E-state index contributed by atoms with van der Waals surface area (Å²) in [6.45, 7) is 0.869. The van der Waals surface area contributed by atoms with E-state index in [1.165, 1.54) is 29.7 Å². The van der Waals surface area contributed by atoms with Gasteiger partial charge in [-0.2, -0.15) is 0 Å². The molecule has 0 spiro atoms. The largest absolute Gasteiger partial charge is 0.378 e. The van der Waals surface area contributed by atoms with E-state index in [9.17, 15) is 0 Å². The van der Waals surface area contributed by atoms with Crippen LogP contribution in [0.3, 0.4) is 0 Å². The molecule has 3 nitrogen and oxygen atoms in total. The SMILES string of the molecule is Clc1nc(CC2CCCO2)nc2sc3c(c12)CCCC3. The van der Waals surface area contributed by atoms with Crippen LogP contribution in [0.1, 0.15) is 41.9 Å². The summed E-state index contributed by atoms with van der Waals surface area (Å²) in [7, 11) is 0. The Hall–Kier alpha value is -0.710. The number of hydrogen-bond donors (Lipinski definition) is 0. The second-order valence-corrected chi connectivity index (χ2v) is 7.10. The van der Waals surface area contributed by atoms with Crippen LogP contribution < -0.4 is 0 Å². The molecule has 1 atom stereocenters. The van der Waals surface area contributed by atoms with Crippen molar-refractivity contribution in [1.29, 1.82) is 0 Å². The molecule has 1 saturated heterocycles. The van der Waals surface area contributed by atoms with Gasteiger partial charge in [0.15, 0.2) is 0 Å². The van der Waals surface area contributed by atoms with E-state index in [0.717, 1.165) is 48.3 Å². The molecular formula is C15H17ClN2OS. The second kappa shape index (κ2) is 5.24. The molecule has 1 fully saturated rings. The number of aryl methyl sites for hydroxylation is 2. The molecule has 106 valence electrons. The number of aromatic nitrogens is 2. The second-order valence-electron chi connectivity index (χ2n) is 5.66. The zero-order chi connectivity index (χ0) is 13.5. The molecule has 1 aliphatic heterocycles. The third kappa shape index (κ3) is 2.24. The van der Waals surface area contributed by atoms with Gasteiger partial charge in [0.05, 0.1) is 11.5 Å². The van der Waals surface area contributed by atoms with E-state index in [2.05, 4.69) is 4.98 Å². The van der Waals surface area contributed by atoms with Gasteiger partial charge in [0.1, 0.15) is 15.8 Å². The van der Waals surface area contributed by atoms with Gasteiger partial charge in [-0.15, -0.1) is 11.3 Å². The summed E-state index contributed by atoms with van der Waals surface area (Å²) in [5, 5.41) is 1.75. The molecule has 2 aromatic rings. The van der Waals surface area contributed by atoms with Crippen LogP contribution in [-0.4, -0.2) is 22.7 Å². The quantitative estimate of drug-likeness (QED) is 0.788. The van der Waals surface area contributed by atoms with Gasteiger partial charge < -0.3 is 4.74 Å². The number of hydrogen-bond acceptors (Lipinski definition) is 4. The van der Waals surface area contributed by atoms with Crippen LogP contribution in [0, 0.1) is 0 Å². The molecule has 0 N–H and O–H groups in total. The minimum absolute atomic E-state index is 0.276. The fourth-order valence-electron chi connectivity index (χ4n) is 3.25. The predicted molar refractivity (Wildman–Crippen MR) is 81.7 cm³/mol. The highest BCUT2D eigenvalue weighted by molar-refractivity contribution is 7.19. The Morgan fingerprint density at radius 1 is 1.20 bits per heavy atom. The van der Waals surface area contributed by atoms with Crippen LogP contribution in [0.4, 0.5) is 0 Å². The molecule has 0 radical (unpaired) electrons. The maximum atomic E-state index is 6.44. The van der Waals surface area contributed by atoms with Gasteiger partial charge in [0.25, 0.3) is 0 Å². The Bertz CT molecular complexity index is 649. The first-order chi connectivity index (χ1) is 9.81. The monoisotopic (exact) mass is 308 g/mol. The molecule has 5 heteroatoms. The number of fused-ring (bicyclic) bond motifs is 3. The first kappa shape index (κ1) is 13.0. The maximum Gasteiger partial charge on any atom is 0.141 e. The van der Waals surface area contributed by atoms with Crippen molar-refractivity contribution in [2.45, 2.75) is 51.0 Å². The number of ether oxygens (including phenoxy) is 1. The third-order valence-electron chi connectivity index (χ3n) is 4.25. The van der Waals surface area contributed by atoms with Crippen molar-refractivity contribution in [3.8, 4) is 0 Å². The summed E-state index contributed by atoms with van der Waals surface area (Å²) in [5.74, 6) is 0.841. The van der Waals surface area contributed by atoms with Crippen molar-refractivity contribution in [3.63, 3.8) is 0 Å². The number of thiophene rings is 1. The molecule has 0 amide bonds. The minimum Gasteiger partial charge on any atom is -0.378 e. The van der Waals surface area contributed by atoms with Crippen LogP contribution in [0.15, 0.2) is 0 Å². The van der Waals surface area contributed by atoms with Gasteiger partial charge in [-0.1, -0.05) is 11.6 Å². The lowest BCUT2D eigenvalue weighted by molar-refractivity contribution is 0.110. The Morgan fingerprint density at radius 2 is 2.10 bits per heavy atom. The summed E-state index contributed by atoms with van der Waals surface area (Å²) >= 11 is 8.25. The molecule has 4 rings (SSSR count). The molecule has 20 heavy (non-hydrogen) atoms. The van der Waals surface area contributed by atoms with Crippen molar-refractivity contribution in [1.82, 2.24) is 9.97 Å². The molecule has 1 aliphatic carbocycles. The van der Waals surface area contributed by atoms with Gasteiger partial charge in [0, 0.05) is 17.9 Å². The van der Waals surface area contributed by atoms with Crippen molar-refractivity contribution in [2.24, 2.45) is 0 Å². The van der Waals surface area contributed by atoms with Crippen LogP contribution >= 0.6 is 22.9 Å². The van der Waals surface area contributed by atoms with E-state index >= 15 is 0 Å². The molecular weight excluding hydrogens is 292 g/mol. The average Bonchev–Trinajstić information content (AvgIpc) is 3.05. The molecule has 2 aliphatic rings. The fourth-order valence-corrected chi connectivity index (χ4v) is 4.89. The zero-order valence-electron chi connectivity index (χ0n) is 11.3. The van der Waals surface area contributed by atoms with Gasteiger partial charge in [-0.05, 0) is 44.1 Å². The highest BCUT2D eigenvalue weighted by atomic mass is 35.5. The summed E-state index contributed by atoms with van der Waals surface area (Å²) in [5.41, 5.74) is 1.41. The normalized spacial score (nSPS) is 22.4. The number of halogens is 1. The van der Waals surface area contributed by atoms with Crippen LogP contribution in [0.5, 0.6) is 0 Å². The van der Waals surface area contributed by atoms with E-state index in [-0.39, 0.29) is 6.10 Å². The van der Waals surface area contributed by atoms with Crippen molar-refractivity contribution in [2.75, 3.05) is 6.61 Å². The molecule has 3 heterocycles. The van der Waals surface area contributed by atoms with Crippen LogP contribution in [0.25, 0.3) is 10.2 Å². The van der Waals surface area contributed by atoms with Crippen molar-refractivity contribution < 1.29 is 4.74 Å². The van der Waals surface area contributed by atoms with Crippen molar-refractivity contribution >= 4 is 33.2 Å². The van der Waals surface area contributed by atoms with Crippen molar-refractivity contribution in [3.05, 3.63) is 21.4 Å².